The van der Waals surface area contributed by atoms with Crippen molar-refractivity contribution in [2.75, 3.05) is 18.5 Å². The van der Waals surface area contributed by atoms with Crippen LogP contribution in [0.4, 0.5) is 11.7 Å². The maximum absolute atomic E-state index is 5.72. The number of rotatable bonds is 3. The molecule has 1 aromatic heterocycles. The summed E-state index contributed by atoms with van der Waals surface area (Å²) in [7, 11) is 1.93. The molecule has 0 aliphatic carbocycles. The lowest BCUT2D eigenvalue weighted by Crippen LogP contribution is -2.13. The Labute approximate surface area is 106 Å². The van der Waals surface area contributed by atoms with Crippen molar-refractivity contribution in [3.8, 4) is 0 Å². The predicted molar refractivity (Wildman–Crippen MR) is 68.8 cm³/mol. The van der Waals surface area contributed by atoms with Crippen LogP contribution < -0.4 is 10.2 Å². The van der Waals surface area contributed by atoms with E-state index in [9.17, 15) is 0 Å². The molecule has 5 heteroatoms. The van der Waals surface area contributed by atoms with Crippen molar-refractivity contribution in [2.45, 2.75) is 18.9 Å². The van der Waals surface area contributed by atoms with E-state index in [0.717, 1.165) is 25.1 Å². The van der Waals surface area contributed by atoms with Gasteiger partial charge in [0.15, 0.2) is 0 Å². The molecule has 0 saturated carbocycles. The highest BCUT2D eigenvalue weighted by Gasteiger charge is 2.23. The van der Waals surface area contributed by atoms with Gasteiger partial charge in [-0.1, -0.05) is 23.3 Å². The summed E-state index contributed by atoms with van der Waals surface area (Å²) in [6.45, 7) is 1.02. The second-order valence-corrected chi connectivity index (χ2v) is 4.47. The quantitative estimate of drug-likeness (QED) is 0.897. The highest BCUT2D eigenvalue weighted by Crippen LogP contribution is 2.26. The highest BCUT2D eigenvalue weighted by atomic mass is 16.4. The van der Waals surface area contributed by atoms with E-state index in [-0.39, 0.29) is 6.04 Å². The van der Waals surface area contributed by atoms with Crippen molar-refractivity contribution in [1.29, 1.82) is 0 Å². The summed E-state index contributed by atoms with van der Waals surface area (Å²) in [5.41, 5.74) is 1.03. The van der Waals surface area contributed by atoms with Gasteiger partial charge in [0.25, 0.3) is 0 Å². The summed E-state index contributed by atoms with van der Waals surface area (Å²) in [6, 6.07) is 10.7. The molecule has 1 fully saturated rings. The number of para-hydroxylation sites is 1. The molecule has 0 spiro atoms. The zero-order valence-corrected chi connectivity index (χ0v) is 10.3. The largest absolute Gasteiger partial charge is 0.406 e. The van der Waals surface area contributed by atoms with Gasteiger partial charge in [0.2, 0.25) is 5.89 Å². The Hall–Kier alpha value is -1.88. The van der Waals surface area contributed by atoms with Crippen LogP contribution in [0.2, 0.25) is 0 Å². The van der Waals surface area contributed by atoms with Crippen LogP contribution in [0, 0.1) is 0 Å². The Morgan fingerprint density at radius 1 is 1.28 bits per heavy atom. The molecule has 5 nitrogen and oxygen atoms in total. The van der Waals surface area contributed by atoms with Gasteiger partial charge in [-0.05, 0) is 31.5 Å². The number of nitrogens with one attached hydrogen (secondary N) is 1. The average molecular weight is 244 g/mol. The Morgan fingerprint density at radius 3 is 2.83 bits per heavy atom. The van der Waals surface area contributed by atoms with E-state index >= 15 is 0 Å². The Bertz CT molecular complexity index is 505. The lowest BCUT2D eigenvalue weighted by Gasteiger charge is -2.13. The fourth-order valence-corrected chi connectivity index (χ4v) is 2.16. The molecule has 1 aliphatic rings. The van der Waals surface area contributed by atoms with Gasteiger partial charge >= 0.3 is 6.01 Å². The molecule has 94 valence electrons. The molecule has 1 N–H and O–H groups in total. The SMILES string of the molecule is CN(c1ccccc1)c1nnc(C2CCCN2)o1. The molecule has 1 aromatic carbocycles. The van der Waals surface area contributed by atoms with E-state index in [4.69, 9.17) is 4.42 Å². The third kappa shape index (κ3) is 2.09. The smallest absolute Gasteiger partial charge is 0.322 e. The van der Waals surface area contributed by atoms with Crippen LogP contribution in [0.1, 0.15) is 24.8 Å². The van der Waals surface area contributed by atoms with E-state index in [0.29, 0.717) is 11.9 Å². The first-order valence-electron chi connectivity index (χ1n) is 6.20. The molecular formula is C13H16N4O. The van der Waals surface area contributed by atoms with Crippen LogP contribution in [0.5, 0.6) is 0 Å². The Balaban J connectivity index is 1.80. The first-order chi connectivity index (χ1) is 8.84. The monoisotopic (exact) mass is 244 g/mol. The van der Waals surface area contributed by atoms with Crippen molar-refractivity contribution in [1.82, 2.24) is 15.5 Å². The Kier molecular flexibility index (Phi) is 2.98. The van der Waals surface area contributed by atoms with Crippen LogP contribution in [0.15, 0.2) is 34.7 Å². The van der Waals surface area contributed by atoms with Crippen LogP contribution >= 0.6 is 0 Å². The molecule has 2 heterocycles. The summed E-state index contributed by atoms with van der Waals surface area (Å²) in [6.07, 6.45) is 2.23. The van der Waals surface area contributed by atoms with Gasteiger partial charge in [-0.3, -0.25) is 4.90 Å². The zero-order chi connectivity index (χ0) is 12.4. The zero-order valence-electron chi connectivity index (χ0n) is 10.3. The van der Waals surface area contributed by atoms with Crippen LogP contribution in [-0.4, -0.2) is 23.8 Å². The van der Waals surface area contributed by atoms with Crippen molar-refractivity contribution in [2.24, 2.45) is 0 Å². The minimum Gasteiger partial charge on any atom is -0.406 e. The molecule has 3 rings (SSSR count). The summed E-state index contributed by atoms with van der Waals surface area (Å²) in [5.74, 6) is 0.685. The lowest BCUT2D eigenvalue weighted by atomic mass is 10.2. The standard InChI is InChI=1S/C13H16N4O/c1-17(10-6-3-2-4-7-10)13-16-15-12(18-13)11-8-5-9-14-11/h2-4,6-7,11,14H,5,8-9H2,1H3. The molecule has 1 aliphatic heterocycles. The van der Waals surface area contributed by atoms with Gasteiger partial charge in [-0.25, -0.2) is 0 Å². The summed E-state index contributed by atoms with van der Waals surface area (Å²) in [5, 5.41) is 11.6. The van der Waals surface area contributed by atoms with E-state index < -0.39 is 0 Å². The van der Waals surface area contributed by atoms with Gasteiger partial charge < -0.3 is 9.73 Å². The number of hydrogen-bond acceptors (Lipinski definition) is 5. The van der Waals surface area contributed by atoms with Gasteiger partial charge in [-0.2, -0.15) is 0 Å². The second-order valence-electron chi connectivity index (χ2n) is 4.47. The van der Waals surface area contributed by atoms with Crippen molar-refractivity contribution < 1.29 is 4.42 Å². The molecule has 1 unspecified atom stereocenters. The van der Waals surface area contributed by atoms with Gasteiger partial charge in [0, 0.05) is 12.7 Å². The maximum atomic E-state index is 5.72. The summed E-state index contributed by atoms with van der Waals surface area (Å²) < 4.78 is 5.72. The fraction of sp³-hybridized carbons (Fsp3) is 0.385. The van der Waals surface area contributed by atoms with E-state index in [1.165, 1.54) is 0 Å². The van der Waals surface area contributed by atoms with E-state index in [1.54, 1.807) is 0 Å². The Morgan fingerprint density at radius 2 is 2.11 bits per heavy atom. The van der Waals surface area contributed by atoms with Crippen LogP contribution in [-0.2, 0) is 0 Å². The van der Waals surface area contributed by atoms with Gasteiger partial charge in [0.05, 0.1) is 6.04 Å². The maximum Gasteiger partial charge on any atom is 0.322 e. The van der Waals surface area contributed by atoms with E-state index in [1.807, 2.05) is 42.3 Å². The molecule has 0 bridgehead atoms. The molecule has 0 radical (unpaired) electrons. The average Bonchev–Trinajstić information content (AvgIpc) is 3.09. The topological polar surface area (TPSA) is 54.2 Å². The molecular weight excluding hydrogens is 228 g/mol. The highest BCUT2D eigenvalue weighted by molar-refractivity contribution is 5.54. The van der Waals surface area contributed by atoms with Crippen LogP contribution in [0.3, 0.4) is 0 Å². The first-order valence-corrected chi connectivity index (χ1v) is 6.20. The minimum absolute atomic E-state index is 0.218. The fourth-order valence-electron chi connectivity index (χ4n) is 2.16. The molecule has 2 aromatic rings. The number of aromatic nitrogens is 2. The lowest BCUT2D eigenvalue weighted by molar-refractivity contribution is 0.433. The number of benzene rings is 1. The van der Waals surface area contributed by atoms with Crippen molar-refractivity contribution in [3.63, 3.8) is 0 Å². The van der Waals surface area contributed by atoms with Gasteiger partial charge in [-0.15, -0.1) is 5.10 Å². The normalized spacial score (nSPS) is 19.1. The van der Waals surface area contributed by atoms with Crippen molar-refractivity contribution in [3.05, 3.63) is 36.2 Å². The minimum atomic E-state index is 0.218. The predicted octanol–water partition coefficient (Wildman–Crippen LogP) is 2.26. The third-order valence-corrected chi connectivity index (χ3v) is 3.22. The van der Waals surface area contributed by atoms with E-state index in [2.05, 4.69) is 15.5 Å². The molecule has 1 saturated heterocycles. The number of nitrogens with zero attached hydrogens (tertiary/aromatic N) is 3. The number of hydrogen-bond donors (Lipinski definition) is 1. The molecule has 18 heavy (non-hydrogen) atoms. The van der Waals surface area contributed by atoms with Crippen LogP contribution in [0.25, 0.3) is 0 Å². The summed E-state index contributed by atoms with van der Waals surface area (Å²) in [4.78, 5) is 1.89. The third-order valence-electron chi connectivity index (χ3n) is 3.22. The molecule has 0 amide bonds. The number of anilines is 2. The van der Waals surface area contributed by atoms with Gasteiger partial charge in [0.1, 0.15) is 0 Å². The summed E-state index contributed by atoms with van der Waals surface area (Å²) >= 11 is 0. The first kappa shape index (κ1) is 11.2. The van der Waals surface area contributed by atoms with Crippen molar-refractivity contribution >= 4 is 11.7 Å². The second kappa shape index (κ2) is 4.78. The molecule has 1 atom stereocenters.